The molecule has 4 atom stereocenters. The Balaban J connectivity index is 1.77. The van der Waals surface area contributed by atoms with Crippen LogP contribution in [0.1, 0.15) is 34.8 Å². The van der Waals surface area contributed by atoms with E-state index in [1.807, 2.05) is 0 Å². The zero-order valence-electron chi connectivity index (χ0n) is 23.9. The van der Waals surface area contributed by atoms with Crippen molar-refractivity contribution < 1.29 is 39.6 Å². The molecule has 6 N–H and O–H groups in total. The van der Waals surface area contributed by atoms with Gasteiger partial charge in [-0.15, -0.1) is 0 Å². The molecule has 3 aliphatic rings. The highest BCUT2D eigenvalue weighted by atomic mass is 16.3. The first-order chi connectivity index (χ1) is 19.6. The second-order valence-corrected chi connectivity index (χ2v) is 11.6. The lowest BCUT2D eigenvalue weighted by molar-refractivity contribution is -0.153. The molecule has 1 fully saturated rings. The SMILES string of the molecule is CC(=O)c1cccc(-c2cc(N(C)C)c3c(c2O)C(O)=C2C(=O)[C@]4(O)C(O)=C(C(N)=O)C(=O)[C@@H](N(C)C)[C@@H]4C[C@@H]2C3)c1. The number of ketones is 3. The van der Waals surface area contributed by atoms with E-state index in [1.54, 1.807) is 63.4 Å². The number of amides is 1. The number of hydrogen-bond acceptors (Lipinski definition) is 10. The van der Waals surface area contributed by atoms with Gasteiger partial charge in [0.15, 0.2) is 17.2 Å². The van der Waals surface area contributed by atoms with Crippen molar-refractivity contribution in [2.45, 2.75) is 31.4 Å². The number of aromatic hydroxyl groups is 1. The van der Waals surface area contributed by atoms with E-state index in [0.29, 0.717) is 27.9 Å². The fraction of sp³-hybridized carbons (Fsp3) is 0.355. The molecule has 5 rings (SSSR count). The van der Waals surface area contributed by atoms with Crippen LogP contribution in [-0.2, 0) is 20.8 Å². The number of nitrogens with two attached hydrogens (primary N) is 1. The van der Waals surface area contributed by atoms with Gasteiger partial charge in [-0.3, -0.25) is 24.1 Å². The molecule has 0 aliphatic heterocycles. The van der Waals surface area contributed by atoms with Gasteiger partial charge in [0, 0.05) is 42.4 Å². The number of Topliss-reactive ketones (excluding diaryl/α,β-unsaturated/α-hetero) is 3. The Bertz CT molecular complexity index is 1650. The number of anilines is 1. The number of nitrogens with zero attached hydrogens (tertiary/aromatic N) is 2. The summed E-state index contributed by atoms with van der Waals surface area (Å²) >= 11 is 0. The van der Waals surface area contributed by atoms with Crippen LogP contribution in [0.4, 0.5) is 5.69 Å². The summed E-state index contributed by atoms with van der Waals surface area (Å²) in [7, 11) is 6.69. The molecule has 0 radical (unpaired) electrons. The molecule has 2 aromatic rings. The topological polar surface area (TPSA) is 182 Å². The third-order valence-corrected chi connectivity index (χ3v) is 8.76. The monoisotopic (exact) mass is 575 g/mol. The number of carbonyl (C=O) groups is 4. The van der Waals surface area contributed by atoms with Crippen molar-refractivity contribution in [3.05, 3.63) is 63.9 Å². The number of phenols is 1. The largest absolute Gasteiger partial charge is 0.508 e. The Labute approximate surface area is 242 Å². The zero-order valence-corrected chi connectivity index (χ0v) is 23.9. The van der Waals surface area contributed by atoms with Crippen molar-refractivity contribution in [3.63, 3.8) is 0 Å². The van der Waals surface area contributed by atoms with Crippen molar-refractivity contribution in [2.75, 3.05) is 33.1 Å². The summed E-state index contributed by atoms with van der Waals surface area (Å²) in [4.78, 5) is 54.9. The number of aliphatic hydroxyl groups is 3. The van der Waals surface area contributed by atoms with Gasteiger partial charge in [0.25, 0.3) is 5.91 Å². The maximum absolute atomic E-state index is 14.1. The van der Waals surface area contributed by atoms with Crippen LogP contribution >= 0.6 is 0 Å². The van der Waals surface area contributed by atoms with Gasteiger partial charge in [-0.05, 0) is 63.0 Å². The Morgan fingerprint density at radius 3 is 2.29 bits per heavy atom. The molecule has 1 amide bonds. The summed E-state index contributed by atoms with van der Waals surface area (Å²) < 4.78 is 0. The molecule has 0 heterocycles. The number of hydrogen-bond donors (Lipinski definition) is 5. The number of primary amides is 1. The minimum atomic E-state index is -2.71. The van der Waals surface area contributed by atoms with E-state index in [-0.39, 0.29) is 35.5 Å². The normalized spacial score (nSPS) is 25.3. The van der Waals surface area contributed by atoms with Crippen molar-refractivity contribution in [2.24, 2.45) is 17.6 Å². The maximum Gasteiger partial charge on any atom is 0.255 e. The molecule has 2 aromatic carbocycles. The highest BCUT2D eigenvalue weighted by Gasteiger charge is 2.64. The highest BCUT2D eigenvalue weighted by molar-refractivity contribution is 6.24. The molecule has 220 valence electrons. The molecule has 42 heavy (non-hydrogen) atoms. The summed E-state index contributed by atoms with van der Waals surface area (Å²) in [5.74, 6) is -7.20. The van der Waals surface area contributed by atoms with E-state index < -0.39 is 58.0 Å². The van der Waals surface area contributed by atoms with E-state index in [0.717, 1.165) is 0 Å². The Morgan fingerprint density at radius 1 is 1.05 bits per heavy atom. The lowest BCUT2D eigenvalue weighted by Crippen LogP contribution is -2.65. The fourth-order valence-corrected chi connectivity index (χ4v) is 6.82. The first-order valence-corrected chi connectivity index (χ1v) is 13.4. The molecular formula is C31H33N3O8. The van der Waals surface area contributed by atoms with E-state index >= 15 is 0 Å². The van der Waals surface area contributed by atoms with Crippen LogP contribution in [0, 0.1) is 11.8 Å². The standard InChI is InChI=1S/C31H33N3O8/c1-13(35)14-7-6-8-15(9-14)17-12-20(33(2)3)18-10-16-11-19-24(34(4)5)27(38)23(30(32)41)29(40)31(19,42)28(39)21(16)26(37)22(18)25(17)36/h6-9,12,16,19,24,36-37,40,42H,10-11H2,1-5H3,(H2,32,41)/t16-,19-,24-,31-/m0/s1. The number of likely N-dealkylation sites (N-methyl/N-ethyl adjacent to an activating group) is 1. The number of aliphatic hydroxyl groups excluding tert-OH is 2. The highest BCUT2D eigenvalue weighted by Crippen LogP contribution is 2.54. The second kappa shape index (κ2) is 9.81. The Hall–Kier alpha value is -4.48. The minimum Gasteiger partial charge on any atom is -0.508 e. The number of carbonyl (C=O) groups excluding carboxylic acids is 4. The predicted molar refractivity (Wildman–Crippen MR) is 154 cm³/mol. The van der Waals surface area contributed by atoms with E-state index in [2.05, 4.69) is 0 Å². The molecule has 1 saturated carbocycles. The first kappa shape index (κ1) is 29.0. The summed E-state index contributed by atoms with van der Waals surface area (Å²) in [6.45, 7) is 1.42. The lowest BCUT2D eigenvalue weighted by Gasteiger charge is -2.50. The Morgan fingerprint density at radius 2 is 1.71 bits per heavy atom. The number of phenolic OH excluding ortho intramolecular Hbond substituents is 1. The van der Waals surface area contributed by atoms with Crippen LogP contribution in [0.3, 0.4) is 0 Å². The number of benzene rings is 2. The van der Waals surface area contributed by atoms with Crippen molar-refractivity contribution in [3.8, 4) is 16.9 Å². The van der Waals surface area contributed by atoms with Crippen LogP contribution < -0.4 is 10.6 Å². The summed E-state index contributed by atoms with van der Waals surface area (Å²) in [6, 6.07) is 7.23. The molecule has 11 heteroatoms. The van der Waals surface area contributed by atoms with Crippen LogP contribution in [0.15, 0.2) is 47.2 Å². The molecule has 3 aliphatic carbocycles. The average Bonchev–Trinajstić information content (AvgIpc) is 2.90. The quantitative estimate of drug-likeness (QED) is 0.261. The number of rotatable bonds is 5. The molecule has 0 saturated heterocycles. The zero-order chi connectivity index (χ0) is 31.0. The van der Waals surface area contributed by atoms with E-state index in [4.69, 9.17) is 5.73 Å². The number of fused-ring (bicyclic) bond motifs is 3. The van der Waals surface area contributed by atoms with Gasteiger partial charge < -0.3 is 31.1 Å². The van der Waals surface area contributed by atoms with Gasteiger partial charge in [-0.25, -0.2) is 0 Å². The van der Waals surface area contributed by atoms with Crippen molar-refractivity contribution >= 4 is 34.7 Å². The second-order valence-electron chi connectivity index (χ2n) is 11.6. The van der Waals surface area contributed by atoms with Gasteiger partial charge in [0.1, 0.15) is 22.8 Å². The summed E-state index contributed by atoms with van der Waals surface area (Å²) in [6.07, 6.45) is 0.172. The third-order valence-electron chi connectivity index (χ3n) is 8.76. The molecular weight excluding hydrogens is 542 g/mol. The van der Waals surface area contributed by atoms with Gasteiger partial charge >= 0.3 is 0 Å². The molecule has 0 aromatic heterocycles. The smallest absolute Gasteiger partial charge is 0.255 e. The van der Waals surface area contributed by atoms with Crippen LogP contribution in [0.5, 0.6) is 5.75 Å². The van der Waals surface area contributed by atoms with E-state index in [9.17, 15) is 39.6 Å². The Kier molecular flexibility index (Phi) is 6.78. The van der Waals surface area contributed by atoms with Gasteiger partial charge in [-0.2, -0.15) is 0 Å². The van der Waals surface area contributed by atoms with Gasteiger partial charge in [0.2, 0.25) is 5.78 Å². The van der Waals surface area contributed by atoms with Crippen LogP contribution in [0.2, 0.25) is 0 Å². The predicted octanol–water partition coefficient (Wildman–Crippen LogP) is 1.90. The molecule has 0 spiro atoms. The molecule has 0 bridgehead atoms. The van der Waals surface area contributed by atoms with Gasteiger partial charge in [-0.1, -0.05) is 18.2 Å². The van der Waals surface area contributed by atoms with Gasteiger partial charge in [0.05, 0.1) is 11.6 Å². The van der Waals surface area contributed by atoms with Crippen molar-refractivity contribution in [1.82, 2.24) is 4.90 Å². The van der Waals surface area contributed by atoms with Crippen LogP contribution in [-0.4, -0.2) is 88.4 Å². The van der Waals surface area contributed by atoms with Crippen LogP contribution in [0.25, 0.3) is 16.9 Å². The first-order valence-electron chi connectivity index (χ1n) is 13.4. The summed E-state index contributed by atoms with van der Waals surface area (Å²) in [5, 5.41) is 46.1. The third kappa shape index (κ3) is 3.95. The molecule has 11 nitrogen and oxygen atoms in total. The average molecular weight is 576 g/mol. The summed E-state index contributed by atoms with van der Waals surface area (Å²) in [5.41, 5.74) is 4.01. The molecule has 0 unspecified atom stereocenters. The van der Waals surface area contributed by atoms with Crippen molar-refractivity contribution in [1.29, 1.82) is 0 Å². The van der Waals surface area contributed by atoms with E-state index in [1.165, 1.54) is 11.8 Å². The lowest BCUT2D eigenvalue weighted by atomic mass is 9.57. The maximum atomic E-state index is 14.1. The fourth-order valence-electron chi connectivity index (χ4n) is 6.82. The minimum absolute atomic E-state index is 0.00179.